The molecule has 0 radical (unpaired) electrons. The zero-order valence-electron chi connectivity index (χ0n) is 9.29. The van der Waals surface area contributed by atoms with Crippen molar-refractivity contribution in [3.63, 3.8) is 0 Å². The fraction of sp³-hybridized carbons (Fsp3) is 0.182. The van der Waals surface area contributed by atoms with E-state index in [1.54, 1.807) is 0 Å². The lowest BCUT2D eigenvalue weighted by Gasteiger charge is -2.21. The van der Waals surface area contributed by atoms with E-state index in [1.165, 1.54) is 0 Å². The Labute approximate surface area is 106 Å². The second-order valence-corrected chi connectivity index (χ2v) is 5.96. The smallest absolute Gasteiger partial charge is 0.372 e. The van der Waals surface area contributed by atoms with Crippen LogP contribution in [0, 0.1) is 11.7 Å². The lowest BCUT2D eigenvalue weighted by atomic mass is 9.94. The van der Waals surface area contributed by atoms with Crippen LogP contribution in [-0.4, -0.2) is 36.8 Å². The molecule has 0 fully saturated rings. The van der Waals surface area contributed by atoms with E-state index in [2.05, 4.69) is 0 Å². The summed E-state index contributed by atoms with van der Waals surface area (Å²) in [5.74, 6) is -8.33. The number of carboxylic acids is 1. The molecule has 0 aromatic heterocycles. The molecule has 1 aliphatic heterocycles. The van der Waals surface area contributed by atoms with Crippen LogP contribution in [0.1, 0.15) is 10.4 Å². The quantitative estimate of drug-likeness (QED) is 0.609. The third kappa shape index (κ3) is 2.03. The van der Waals surface area contributed by atoms with Crippen LogP contribution in [0.3, 0.4) is 0 Å². The number of fused-ring (bicyclic) bond motifs is 1. The van der Waals surface area contributed by atoms with Crippen molar-refractivity contribution in [3.8, 4) is 0 Å². The number of sulfone groups is 1. The fourth-order valence-corrected chi connectivity index (χ4v) is 3.71. The van der Waals surface area contributed by atoms with E-state index in [1.807, 2.05) is 0 Å². The number of hydrogen-bond acceptors (Lipinski definition) is 5. The Morgan fingerprint density at radius 2 is 1.95 bits per heavy atom. The summed E-state index contributed by atoms with van der Waals surface area (Å²) >= 11 is 0. The number of rotatable bonds is 2. The Bertz CT molecular complexity index is 706. The number of aliphatic carboxylic acids is 1. The van der Waals surface area contributed by atoms with Gasteiger partial charge in [0.2, 0.25) is 0 Å². The zero-order valence-corrected chi connectivity index (χ0v) is 10.1. The predicted octanol–water partition coefficient (Wildman–Crippen LogP) is 0.0656. The highest BCUT2D eigenvalue weighted by Gasteiger charge is 2.44. The molecule has 100 valence electrons. The molecule has 0 saturated carbocycles. The fourth-order valence-electron chi connectivity index (χ4n) is 1.93. The molecule has 8 heteroatoms. The summed E-state index contributed by atoms with van der Waals surface area (Å²) in [5, 5.41) is 8.55. The van der Waals surface area contributed by atoms with E-state index in [0.29, 0.717) is 0 Å². The monoisotopic (exact) mass is 286 g/mol. The van der Waals surface area contributed by atoms with Crippen molar-refractivity contribution in [2.45, 2.75) is 4.90 Å². The second kappa shape index (κ2) is 4.23. The number of benzene rings is 1. The third-order valence-corrected chi connectivity index (χ3v) is 4.58. The Morgan fingerprint density at radius 1 is 1.32 bits per heavy atom. The molecule has 0 saturated heterocycles. The van der Waals surface area contributed by atoms with Gasteiger partial charge in [0, 0.05) is 5.56 Å². The first-order valence-corrected chi connectivity index (χ1v) is 6.73. The van der Waals surface area contributed by atoms with Crippen LogP contribution in [0.5, 0.6) is 0 Å². The highest BCUT2D eigenvalue weighted by atomic mass is 32.2. The minimum absolute atomic E-state index is 0.481. The van der Waals surface area contributed by atoms with Crippen LogP contribution in [0.25, 0.3) is 0 Å². The van der Waals surface area contributed by atoms with Gasteiger partial charge in [-0.15, -0.1) is 0 Å². The summed E-state index contributed by atoms with van der Waals surface area (Å²) in [6, 6.07) is 3.05. The maximum atomic E-state index is 13.5. The Balaban J connectivity index is 2.66. The summed E-state index contributed by atoms with van der Waals surface area (Å²) in [4.78, 5) is 33.0. The summed E-state index contributed by atoms with van der Waals surface area (Å²) in [6.07, 6.45) is 0. The molecule has 1 aliphatic rings. The van der Waals surface area contributed by atoms with Gasteiger partial charge >= 0.3 is 5.97 Å². The van der Waals surface area contributed by atoms with Gasteiger partial charge in [-0.1, -0.05) is 6.07 Å². The highest BCUT2D eigenvalue weighted by Crippen LogP contribution is 2.30. The van der Waals surface area contributed by atoms with E-state index >= 15 is 0 Å². The van der Waals surface area contributed by atoms with Gasteiger partial charge in [-0.25, -0.2) is 17.6 Å². The molecule has 2 rings (SSSR count). The molecule has 1 heterocycles. The summed E-state index contributed by atoms with van der Waals surface area (Å²) in [6.45, 7) is 0. The summed E-state index contributed by atoms with van der Waals surface area (Å²) in [5.41, 5.74) is -0.481. The molecule has 0 bridgehead atoms. The molecular weight excluding hydrogens is 279 g/mol. The molecule has 0 aliphatic carbocycles. The van der Waals surface area contributed by atoms with Gasteiger partial charge in [-0.3, -0.25) is 9.59 Å². The van der Waals surface area contributed by atoms with E-state index in [9.17, 15) is 27.2 Å². The third-order valence-electron chi connectivity index (χ3n) is 2.77. The maximum absolute atomic E-state index is 13.5. The van der Waals surface area contributed by atoms with Crippen LogP contribution in [0.15, 0.2) is 23.1 Å². The zero-order chi connectivity index (χ0) is 14.4. The summed E-state index contributed by atoms with van der Waals surface area (Å²) < 4.78 is 37.2. The van der Waals surface area contributed by atoms with Gasteiger partial charge in [0.1, 0.15) is 16.6 Å². The number of halogens is 1. The van der Waals surface area contributed by atoms with Crippen LogP contribution in [0.4, 0.5) is 4.39 Å². The number of hydrogen-bond donors (Lipinski definition) is 1. The molecule has 1 atom stereocenters. The van der Waals surface area contributed by atoms with Gasteiger partial charge < -0.3 is 5.11 Å². The Kier molecular flexibility index (Phi) is 2.97. The number of ketones is 2. The lowest BCUT2D eigenvalue weighted by Crippen LogP contribution is -2.40. The molecule has 6 nitrogen and oxygen atoms in total. The molecule has 0 amide bonds. The minimum atomic E-state index is -4.21. The molecule has 1 unspecified atom stereocenters. The number of Topliss-reactive ketones (excluding diaryl/α,β-unsaturated/α-hetero) is 2. The van der Waals surface area contributed by atoms with Gasteiger partial charge in [-0.2, -0.15) is 0 Å². The van der Waals surface area contributed by atoms with Gasteiger partial charge in [0.15, 0.2) is 15.6 Å². The van der Waals surface area contributed by atoms with E-state index in [4.69, 9.17) is 5.11 Å². The standard InChI is InChI=1S/C11H7FO6S/c12-7-3-1-2-5-8(13)6(9(14)11(15)16)4-19(17,18)10(5)7/h1-3,6H,4H2,(H,15,16). The molecule has 0 spiro atoms. The Morgan fingerprint density at radius 3 is 2.53 bits per heavy atom. The largest absolute Gasteiger partial charge is 0.475 e. The highest BCUT2D eigenvalue weighted by molar-refractivity contribution is 7.91. The van der Waals surface area contributed by atoms with Crippen molar-refractivity contribution in [1.29, 1.82) is 0 Å². The Hall–Kier alpha value is -2.09. The lowest BCUT2D eigenvalue weighted by molar-refractivity contribution is -0.150. The molecular formula is C11H7FO6S. The molecule has 19 heavy (non-hydrogen) atoms. The van der Waals surface area contributed by atoms with Crippen LogP contribution in [-0.2, 0) is 19.4 Å². The van der Waals surface area contributed by atoms with Crippen molar-refractivity contribution in [2.24, 2.45) is 5.92 Å². The predicted molar refractivity (Wildman–Crippen MR) is 58.9 cm³/mol. The van der Waals surface area contributed by atoms with E-state index in [0.717, 1.165) is 18.2 Å². The normalized spacial score (nSPS) is 20.7. The molecule has 1 aromatic carbocycles. The topological polar surface area (TPSA) is 106 Å². The van der Waals surface area contributed by atoms with Gasteiger partial charge in [-0.05, 0) is 12.1 Å². The van der Waals surface area contributed by atoms with Gasteiger partial charge in [0.05, 0.1) is 5.75 Å². The average Bonchev–Trinajstić information content (AvgIpc) is 2.32. The first kappa shape index (κ1) is 13.3. The second-order valence-electron chi connectivity index (χ2n) is 3.98. The van der Waals surface area contributed by atoms with Gasteiger partial charge in [0.25, 0.3) is 5.78 Å². The minimum Gasteiger partial charge on any atom is -0.475 e. The van der Waals surface area contributed by atoms with Crippen molar-refractivity contribution < 1.29 is 32.3 Å². The van der Waals surface area contributed by atoms with Crippen LogP contribution in [0.2, 0.25) is 0 Å². The number of carbonyl (C=O) groups excluding carboxylic acids is 2. The van der Waals surface area contributed by atoms with Crippen LogP contribution >= 0.6 is 0 Å². The van der Waals surface area contributed by atoms with Crippen LogP contribution < -0.4 is 0 Å². The maximum Gasteiger partial charge on any atom is 0.372 e. The first-order valence-electron chi connectivity index (χ1n) is 5.08. The summed E-state index contributed by atoms with van der Waals surface area (Å²) in [7, 11) is -4.21. The van der Waals surface area contributed by atoms with Crippen molar-refractivity contribution in [3.05, 3.63) is 29.6 Å². The molecule has 1 N–H and O–H groups in total. The number of carboxylic acid groups (broad SMARTS) is 1. The van der Waals surface area contributed by atoms with E-state index < -0.39 is 55.3 Å². The van der Waals surface area contributed by atoms with E-state index in [-0.39, 0.29) is 0 Å². The SMILES string of the molecule is O=C(O)C(=O)C1CS(=O)(=O)c2c(F)cccc2C1=O. The van der Waals surface area contributed by atoms with Crippen molar-refractivity contribution in [1.82, 2.24) is 0 Å². The number of carbonyl (C=O) groups is 3. The first-order chi connectivity index (χ1) is 8.75. The molecule has 1 aromatic rings. The average molecular weight is 286 g/mol. The van der Waals surface area contributed by atoms with Crippen molar-refractivity contribution >= 4 is 27.4 Å². The van der Waals surface area contributed by atoms with Crippen molar-refractivity contribution in [2.75, 3.05) is 5.75 Å².